The number of benzene rings is 9. The molecule has 0 unspecified atom stereocenters. The highest BCUT2D eigenvalue weighted by Gasteiger charge is 2.43. The topological polar surface area (TPSA) is 24.9 Å². The highest BCUT2D eigenvalue weighted by molar-refractivity contribution is 7.01. The quantitative estimate of drug-likeness (QED) is 0.156. The van der Waals surface area contributed by atoms with Crippen LogP contribution in [0.25, 0.3) is 21.5 Å². The van der Waals surface area contributed by atoms with Gasteiger partial charge in [-0.25, -0.2) is 0 Å². The molecule has 0 bridgehead atoms. The van der Waals surface area contributed by atoms with Crippen LogP contribution < -0.4 is 35.7 Å². The average molecular weight is 817 g/mol. The number of para-hydroxylation sites is 2. The molecule has 0 atom stereocenters. The first-order valence-corrected chi connectivity index (χ1v) is 22.0. The zero-order valence-electron chi connectivity index (χ0n) is 36.7. The van der Waals surface area contributed by atoms with Crippen molar-refractivity contribution < 1.29 is 9.47 Å². The van der Waals surface area contributed by atoms with E-state index in [4.69, 9.17) is 9.47 Å². The molecule has 0 spiro atoms. The maximum atomic E-state index is 7.08. The molecule has 2 heterocycles. The third-order valence-corrected chi connectivity index (χ3v) is 12.9. The Balaban J connectivity index is 1.15. The van der Waals surface area contributed by atoms with Gasteiger partial charge in [0.1, 0.15) is 23.0 Å². The molecule has 0 aromatic heterocycles. The van der Waals surface area contributed by atoms with Crippen molar-refractivity contribution in [1.29, 1.82) is 0 Å². The fourth-order valence-electron chi connectivity index (χ4n) is 9.73. The predicted molar refractivity (Wildman–Crippen MR) is 266 cm³/mol. The summed E-state index contributed by atoms with van der Waals surface area (Å²) in [7, 11) is 0. The summed E-state index contributed by atoms with van der Waals surface area (Å²) in [5, 5.41) is 4.59. The molecular weight excluding hydrogens is 767 g/mol. The van der Waals surface area contributed by atoms with Crippen LogP contribution in [-0.4, -0.2) is 6.71 Å². The number of hydrogen-bond acceptors (Lipinski definition) is 4. The van der Waals surface area contributed by atoms with Crippen molar-refractivity contribution >= 4 is 78.8 Å². The van der Waals surface area contributed by atoms with E-state index in [1.54, 1.807) is 0 Å². The monoisotopic (exact) mass is 816 g/mol. The van der Waals surface area contributed by atoms with Crippen molar-refractivity contribution in [3.05, 3.63) is 199 Å². The predicted octanol–water partition coefficient (Wildman–Crippen LogP) is 14.3. The third kappa shape index (κ3) is 6.53. The molecule has 11 rings (SSSR count). The van der Waals surface area contributed by atoms with Crippen LogP contribution in [0.15, 0.2) is 188 Å². The summed E-state index contributed by atoms with van der Waals surface area (Å²) in [6, 6.07) is 67.8. The van der Waals surface area contributed by atoms with Crippen LogP contribution in [0.5, 0.6) is 23.0 Å². The Morgan fingerprint density at radius 3 is 1.06 bits per heavy atom. The molecule has 9 aromatic carbocycles. The van der Waals surface area contributed by atoms with Gasteiger partial charge < -0.3 is 19.3 Å². The van der Waals surface area contributed by atoms with E-state index in [1.165, 1.54) is 11.1 Å². The molecule has 9 aromatic rings. The van der Waals surface area contributed by atoms with E-state index < -0.39 is 0 Å². The van der Waals surface area contributed by atoms with Gasteiger partial charge in [-0.1, -0.05) is 157 Å². The van der Waals surface area contributed by atoms with E-state index in [0.717, 1.165) is 95.1 Å². The first-order valence-electron chi connectivity index (χ1n) is 22.0. The standard InChI is InChI=1S/C58H49BN2O2/c1-57(2,3)38-28-32-42(33-29-38)60(40-18-9-7-10-19-40)48-36-52-54(46-24-15-13-22-44(46)48)59-55-47-25-16-14-23-45(47)49(37-53(55)63-51-27-17-26-50(62-52)56(51)59)61(41-20-11-8-12-21-41)43-34-30-39(31-35-43)58(4,5)6/h7-37H,1-6H3. The molecule has 0 N–H and O–H groups in total. The van der Waals surface area contributed by atoms with Crippen LogP contribution in [0.2, 0.25) is 0 Å². The van der Waals surface area contributed by atoms with E-state index in [2.05, 4.69) is 233 Å². The summed E-state index contributed by atoms with van der Waals surface area (Å²) in [5.74, 6) is 3.32. The molecular formula is C58H49BN2O2. The molecule has 0 radical (unpaired) electrons. The number of anilines is 6. The molecule has 0 saturated carbocycles. The number of nitrogens with zero attached hydrogens (tertiary/aromatic N) is 2. The second-order valence-electron chi connectivity index (χ2n) is 18.9. The second kappa shape index (κ2) is 14.7. The Hall–Kier alpha value is -7.24. The summed E-state index contributed by atoms with van der Waals surface area (Å²) >= 11 is 0. The lowest BCUT2D eigenvalue weighted by Gasteiger charge is -2.37. The van der Waals surface area contributed by atoms with Crippen molar-refractivity contribution in [3.63, 3.8) is 0 Å². The third-order valence-electron chi connectivity index (χ3n) is 12.9. The van der Waals surface area contributed by atoms with Crippen LogP contribution >= 0.6 is 0 Å². The Kier molecular flexibility index (Phi) is 9.02. The molecule has 0 aliphatic carbocycles. The van der Waals surface area contributed by atoms with Gasteiger partial charge in [-0.2, -0.15) is 0 Å². The van der Waals surface area contributed by atoms with Gasteiger partial charge in [0.15, 0.2) is 0 Å². The molecule has 5 heteroatoms. The molecule has 306 valence electrons. The van der Waals surface area contributed by atoms with E-state index in [1.807, 2.05) is 6.07 Å². The lowest BCUT2D eigenvalue weighted by molar-refractivity contribution is 0.465. The highest BCUT2D eigenvalue weighted by atomic mass is 16.5. The molecule has 2 aliphatic rings. The van der Waals surface area contributed by atoms with Gasteiger partial charge in [0.2, 0.25) is 0 Å². The number of fused-ring (bicyclic) bond motifs is 8. The summed E-state index contributed by atoms with van der Waals surface area (Å²) in [6.07, 6.45) is 0. The summed E-state index contributed by atoms with van der Waals surface area (Å²) in [6.45, 7) is 13.4. The van der Waals surface area contributed by atoms with Crippen molar-refractivity contribution in [3.8, 4) is 23.0 Å². The van der Waals surface area contributed by atoms with Crippen LogP contribution in [0.1, 0.15) is 52.7 Å². The van der Waals surface area contributed by atoms with E-state index in [0.29, 0.717) is 0 Å². The molecule has 2 aliphatic heterocycles. The van der Waals surface area contributed by atoms with Crippen molar-refractivity contribution in [2.24, 2.45) is 0 Å². The Morgan fingerprint density at radius 1 is 0.333 bits per heavy atom. The Bertz CT molecular complexity index is 2970. The number of ether oxygens (including phenoxy) is 2. The van der Waals surface area contributed by atoms with Crippen molar-refractivity contribution in [1.82, 2.24) is 0 Å². The molecule has 63 heavy (non-hydrogen) atoms. The van der Waals surface area contributed by atoms with Gasteiger partial charge in [0.05, 0.1) is 11.4 Å². The minimum absolute atomic E-state index is 0.0389. The van der Waals surface area contributed by atoms with Gasteiger partial charge in [-0.3, -0.25) is 0 Å². The smallest absolute Gasteiger partial charge is 0.262 e. The Labute approximate surface area is 371 Å². The van der Waals surface area contributed by atoms with Gasteiger partial charge in [-0.05, 0) is 104 Å². The highest BCUT2D eigenvalue weighted by Crippen LogP contribution is 2.47. The maximum Gasteiger partial charge on any atom is 0.262 e. The van der Waals surface area contributed by atoms with Gasteiger partial charge in [0.25, 0.3) is 6.71 Å². The zero-order valence-corrected chi connectivity index (χ0v) is 36.7. The van der Waals surface area contributed by atoms with E-state index in [9.17, 15) is 0 Å². The maximum absolute atomic E-state index is 7.08. The summed E-state index contributed by atoms with van der Waals surface area (Å²) < 4.78 is 14.2. The van der Waals surface area contributed by atoms with E-state index >= 15 is 0 Å². The lowest BCUT2D eigenvalue weighted by Crippen LogP contribution is -2.58. The molecule has 0 fully saturated rings. The van der Waals surface area contributed by atoms with Crippen molar-refractivity contribution in [2.75, 3.05) is 9.80 Å². The SMILES string of the molecule is CC(C)(C)c1ccc(N(c2ccccc2)c2cc3c(c4ccccc24)B2c4c(cccc4Oc4cc(N(c5ccccc5)c5ccc(C(C)(C)C)cc5)c5ccccc5c42)O3)cc1. The first kappa shape index (κ1) is 38.7. The van der Waals surface area contributed by atoms with Crippen LogP contribution in [-0.2, 0) is 10.8 Å². The van der Waals surface area contributed by atoms with Crippen molar-refractivity contribution in [2.45, 2.75) is 52.4 Å². The fraction of sp³-hybridized carbons (Fsp3) is 0.138. The average Bonchev–Trinajstić information content (AvgIpc) is 3.29. The first-order chi connectivity index (χ1) is 30.5. The van der Waals surface area contributed by atoms with E-state index in [-0.39, 0.29) is 17.5 Å². The minimum atomic E-state index is -0.158. The summed E-state index contributed by atoms with van der Waals surface area (Å²) in [5.41, 5.74) is 12.5. The van der Waals surface area contributed by atoms with Crippen LogP contribution in [0, 0.1) is 0 Å². The van der Waals surface area contributed by atoms with Gasteiger partial charge >= 0.3 is 0 Å². The lowest BCUT2D eigenvalue weighted by atomic mass is 9.33. The van der Waals surface area contributed by atoms with Crippen LogP contribution in [0.4, 0.5) is 34.1 Å². The number of hydrogen-bond donors (Lipinski definition) is 0. The summed E-state index contributed by atoms with van der Waals surface area (Å²) in [4.78, 5) is 4.74. The largest absolute Gasteiger partial charge is 0.458 e. The molecule has 4 nitrogen and oxygen atoms in total. The Morgan fingerprint density at radius 2 is 0.683 bits per heavy atom. The van der Waals surface area contributed by atoms with Crippen LogP contribution in [0.3, 0.4) is 0 Å². The number of rotatable bonds is 6. The molecule has 0 amide bonds. The normalized spacial score (nSPS) is 12.8. The zero-order chi connectivity index (χ0) is 43.0. The van der Waals surface area contributed by atoms with Gasteiger partial charge in [0, 0.05) is 51.1 Å². The van der Waals surface area contributed by atoms with Gasteiger partial charge in [-0.15, -0.1) is 0 Å². The fourth-order valence-corrected chi connectivity index (χ4v) is 9.73. The molecule has 0 saturated heterocycles. The minimum Gasteiger partial charge on any atom is -0.458 e. The second-order valence-corrected chi connectivity index (χ2v) is 18.9.